The van der Waals surface area contributed by atoms with Gasteiger partial charge in [0.15, 0.2) is 5.75 Å². The van der Waals surface area contributed by atoms with Crippen molar-refractivity contribution in [1.29, 1.82) is 0 Å². The van der Waals surface area contributed by atoms with Gasteiger partial charge in [-0.15, -0.1) is 0 Å². The number of rotatable bonds is 19. The molecule has 0 N–H and O–H groups in total. The Morgan fingerprint density at radius 1 is 0.647 bits per heavy atom. The fourth-order valence-corrected chi connectivity index (χ4v) is 4.02. The Balaban J connectivity index is 2.44. The van der Waals surface area contributed by atoms with Crippen LogP contribution in [0.3, 0.4) is 0 Å². The molecule has 0 amide bonds. The van der Waals surface area contributed by atoms with Crippen molar-refractivity contribution in [3.8, 4) is 17.2 Å². The molecular weight excluding hydrogens is 426 g/mol. The number of nitrogens with zero attached hydrogens (tertiary/aromatic N) is 1. The number of aromatic nitrogens is 1. The molecule has 0 aliphatic heterocycles. The van der Waals surface area contributed by atoms with E-state index in [1.807, 2.05) is 22.8 Å². The van der Waals surface area contributed by atoms with Crippen LogP contribution in [0.15, 0.2) is 23.0 Å². The van der Waals surface area contributed by atoms with Gasteiger partial charge in [-0.3, -0.25) is 4.79 Å². The number of hydrogen-bond donors (Lipinski definition) is 0. The number of fused-ring (bicyclic) bond motifs is 1. The van der Waals surface area contributed by atoms with E-state index in [9.17, 15) is 4.79 Å². The third-order valence-corrected chi connectivity index (χ3v) is 6.14. The van der Waals surface area contributed by atoms with Gasteiger partial charge in [0.1, 0.15) is 5.75 Å². The van der Waals surface area contributed by atoms with Gasteiger partial charge in [0.25, 0.3) is 5.56 Å². The molecule has 2 aromatic rings. The minimum absolute atomic E-state index is 0.0919. The number of aryl methyl sites for hydroxylation is 1. The Bertz CT molecular complexity index is 890. The van der Waals surface area contributed by atoms with Gasteiger partial charge < -0.3 is 18.8 Å². The van der Waals surface area contributed by atoms with Crippen molar-refractivity contribution in [3.63, 3.8) is 0 Å². The molecule has 192 valence electrons. The van der Waals surface area contributed by atoms with Crippen molar-refractivity contribution < 1.29 is 14.2 Å². The van der Waals surface area contributed by atoms with Crippen LogP contribution < -0.4 is 19.8 Å². The average molecular weight is 474 g/mol. The van der Waals surface area contributed by atoms with Gasteiger partial charge in [-0.25, -0.2) is 0 Å². The third kappa shape index (κ3) is 8.56. The van der Waals surface area contributed by atoms with Crippen molar-refractivity contribution in [3.05, 3.63) is 28.6 Å². The molecule has 0 aliphatic rings. The Hall–Kier alpha value is -2.17. The van der Waals surface area contributed by atoms with E-state index in [0.29, 0.717) is 37.9 Å². The topological polar surface area (TPSA) is 49.7 Å². The predicted octanol–water partition coefficient (Wildman–Crippen LogP) is 7.90. The maximum atomic E-state index is 13.7. The minimum atomic E-state index is -0.0919. The lowest BCUT2D eigenvalue weighted by molar-refractivity contribution is 0.256. The Morgan fingerprint density at radius 2 is 1.24 bits per heavy atom. The molecule has 1 aromatic carbocycles. The third-order valence-electron chi connectivity index (χ3n) is 6.14. The van der Waals surface area contributed by atoms with Crippen LogP contribution in [-0.4, -0.2) is 24.4 Å². The summed E-state index contributed by atoms with van der Waals surface area (Å²) in [4.78, 5) is 13.7. The quantitative estimate of drug-likeness (QED) is 0.195. The molecule has 1 aromatic heterocycles. The van der Waals surface area contributed by atoms with Crippen LogP contribution in [0.2, 0.25) is 0 Å². The molecule has 0 bridgehead atoms. The second-order valence-corrected chi connectivity index (χ2v) is 9.17. The van der Waals surface area contributed by atoms with Crippen LogP contribution in [-0.2, 0) is 6.54 Å². The highest BCUT2D eigenvalue weighted by molar-refractivity contribution is 5.89. The molecule has 0 radical (unpaired) electrons. The standard InChI is InChI=1S/C29H47NO4/c1-5-9-13-15-21-33-27-25-18-17-24(32-20-12-8-4)23-26(25)30(19-11-7-3)29(31)28(27)34-22-16-14-10-6-2/h17-18,23H,5-16,19-22H2,1-4H3. The van der Waals surface area contributed by atoms with E-state index in [1.54, 1.807) is 0 Å². The second-order valence-electron chi connectivity index (χ2n) is 9.17. The van der Waals surface area contributed by atoms with Gasteiger partial charge in [-0.1, -0.05) is 79.1 Å². The first-order valence-corrected chi connectivity index (χ1v) is 13.8. The lowest BCUT2D eigenvalue weighted by atomic mass is 10.1. The molecule has 0 atom stereocenters. The molecule has 5 heteroatoms. The first-order valence-electron chi connectivity index (χ1n) is 13.8. The zero-order valence-corrected chi connectivity index (χ0v) is 22.1. The summed E-state index contributed by atoms with van der Waals surface area (Å²) in [6.07, 6.45) is 12.9. The molecule has 0 fully saturated rings. The molecule has 2 rings (SSSR count). The van der Waals surface area contributed by atoms with E-state index in [0.717, 1.165) is 68.0 Å². The largest absolute Gasteiger partial charge is 0.494 e. The summed E-state index contributed by atoms with van der Waals surface area (Å²) in [6, 6.07) is 6.02. The summed E-state index contributed by atoms with van der Waals surface area (Å²) < 4.78 is 20.2. The van der Waals surface area contributed by atoms with Gasteiger partial charge in [-0.05, 0) is 37.8 Å². The minimum Gasteiger partial charge on any atom is -0.494 e. The number of unbranched alkanes of at least 4 members (excludes halogenated alkanes) is 8. The first-order chi connectivity index (χ1) is 16.7. The molecule has 0 spiro atoms. The summed E-state index contributed by atoms with van der Waals surface area (Å²) in [5.41, 5.74) is 0.778. The monoisotopic (exact) mass is 473 g/mol. The highest BCUT2D eigenvalue weighted by Gasteiger charge is 2.20. The smallest absolute Gasteiger partial charge is 0.297 e. The number of benzene rings is 1. The van der Waals surface area contributed by atoms with Crippen LogP contribution in [0.1, 0.15) is 105 Å². The summed E-state index contributed by atoms with van der Waals surface area (Å²) >= 11 is 0. The van der Waals surface area contributed by atoms with Crippen molar-refractivity contribution in [2.45, 2.75) is 111 Å². The first kappa shape index (κ1) is 28.1. The predicted molar refractivity (Wildman–Crippen MR) is 143 cm³/mol. The molecule has 0 aliphatic carbocycles. The molecular formula is C29H47NO4. The zero-order valence-electron chi connectivity index (χ0n) is 22.1. The van der Waals surface area contributed by atoms with E-state index in [4.69, 9.17) is 14.2 Å². The fourth-order valence-electron chi connectivity index (χ4n) is 4.02. The van der Waals surface area contributed by atoms with Gasteiger partial charge >= 0.3 is 0 Å². The SMILES string of the molecule is CCCCCCOc1c(OCCCCCC)c2ccc(OCCCC)cc2n(CCCC)c1=O. The zero-order chi connectivity index (χ0) is 24.6. The highest BCUT2D eigenvalue weighted by atomic mass is 16.5. The van der Waals surface area contributed by atoms with Gasteiger partial charge in [0.2, 0.25) is 5.75 Å². The lowest BCUT2D eigenvalue weighted by Crippen LogP contribution is -2.24. The molecule has 34 heavy (non-hydrogen) atoms. The van der Waals surface area contributed by atoms with Crippen LogP contribution in [0.5, 0.6) is 17.2 Å². The average Bonchev–Trinajstić information content (AvgIpc) is 2.84. The summed E-state index contributed by atoms with van der Waals surface area (Å²) in [7, 11) is 0. The summed E-state index contributed by atoms with van der Waals surface area (Å²) in [5.74, 6) is 1.77. The van der Waals surface area contributed by atoms with Crippen LogP contribution >= 0.6 is 0 Å². The second kappa shape index (κ2) is 16.5. The highest BCUT2D eigenvalue weighted by Crippen LogP contribution is 2.35. The van der Waals surface area contributed by atoms with Crippen molar-refractivity contribution >= 4 is 10.9 Å². The van der Waals surface area contributed by atoms with E-state index >= 15 is 0 Å². The molecule has 0 saturated carbocycles. The van der Waals surface area contributed by atoms with Crippen LogP contribution in [0, 0.1) is 0 Å². The van der Waals surface area contributed by atoms with E-state index in [2.05, 4.69) is 27.7 Å². The fraction of sp³-hybridized carbons (Fsp3) is 0.690. The number of hydrogen-bond acceptors (Lipinski definition) is 4. The Kier molecular flexibility index (Phi) is 13.6. The molecule has 0 unspecified atom stereocenters. The van der Waals surface area contributed by atoms with Crippen molar-refractivity contribution in [2.75, 3.05) is 19.8 Å². The Morgan fingerprint density at radius 3 is 1.85 bits per heavy atom. The summed E-state index contributed by atoms with van der Waals surface area (Å²) in [6.45, 7) is 11.2. The van der Waals surface area contributed by atoms with Crippen molar-refractivity contribution in [1.82, 2.24) is 4.57 Å². The molecule has 5 nitrogen and oxygen atoms in total. The molecule has 0 saturated heterocycles. The van der Waals surface area contributed by atoms with E-state index in [1.165, 1.54) is 25.7 Å². The normalized spacial score (nSPS) is 11.2. The van der Waals surface area contributed by atoms with Crippen LogP contribution in [0.25, 0.3) is 10.9 Å². The van der Waals surface area contributed by atoms with E-state index < -0.39 is 0 Å². The maximum absolute atomic E-state index is 13.7. The lowest BCUT2D eigenvalue weighted by Gasteiger charge is -2.19. The summed E-state index contributed by atoms with van der Waals surface area (Å²) in [5, 5.41) is 0.928. The van der Waals surface area contributed by atoms with Gasteiger partial charge in [-0.2, -0.15) is 0 Å². The Labute approximate surface area is 206 Å². The van der Waals surface area contributed by atoms with Crippen LogP contribution in [0.4, 0.5) is 0 Å². The van der Waals surface area contributed by atoms with Gasteiger partial charge in [0.05, 0.1) is 25.3 Å². The number of pyridine rings is 1. The van der Waals surface area contributed by atoms with Crippen molar-refractivity contribution in [2.24, 2.45) is 0 Å². The van der Waals surface area contributed by atoms with E-state index in [-0.39, 0.29) is 5.56 Å². The maximum Gasteiger partial charge on any atom is 0.297 e. The number of ether oxygens (including phenoxy) is 3. The molecule has 1 heterocycles. The van der Waals surface area contributed by atoms with Gasteiger partial charge in [0, 0.05) is 18.0 Å².